The minimum absolute atomic E-state index is 0.522. The summed E-state index contributed by atoms with van der Waals surface area (Å²) in [5, 5.41) is 0. The summed E-state index contributed by atoms with van der Waals surface area (Å²) in [5.41, 5.74) is 1.30. The number of benzene rings is 1. The van der Waals surface area contributed by atoms with Gasteiger partial charge in [-0.25, -0.2) is 4.98 Å². The molecule has 20 heavy (non-hydrogen) atoms. The first-order chi connectivity index (χ1) is 9.58. The number of rotatable bonds is 5. The molecule has 0 unspecified atom stereocenters. The van der Waals surface area contributed by atoms with Crippen molar-refractivity contribution in [3.8, 4) is 11.6 Å². The summed E-state index contributed by atoms with van der Waals surface area (Å²) in [5.74, 6) is 2.69. The van der Waals surface area contributed by atoms with E-state index in [4.69, 9.17) is 4.74 Å². The molecule has 0 N–H and O–H groups in total. The zero-order valence-corrected chi connectivity index (χ0v) is 13.6. The van der Waals surface area contributed by atoms with E-state index in [1.165, 1.54) is 5.56 Å². The Hall–Kier alpha value is -1.42. The Kier molecular flexibility index (Phi) is 5.12. The molecule has 2 rings (SSSR count). The third-order valence-corrected chi connectivity index (χ3v) is 3.37. The maximum atomic E-state index is 5.80. The molecule has 2 aromatic rings. The lowest BCUT2D eigenvalue weighted by atomic mass is 10.0. The molecule has 4 heteroatoms. The Bertz CT molecular complexity index is 567. The first kappa shape index (κ1) is 15.0. The van der Waals surface area contributed by atoms with E-state index in [0.717, 1.165) is 29.0 Å². The Balaban J connectivity index is 2.16. The van der Waals surface area contributed by atoms with E-state index >= 15 is 0 Å². The molecule has 0 amide bonds. The van der Waals surface area contributed by atoms with Gasteiger partial charge in [0.1, 0.15) is 16.2 Å². The monoisotopic (exact) mass is 334 g/mol. The van der Waals surface area contributed by atoms with Gasteiger partial charge in [0.05, 0.1) is 0 Å². The maximum absolute atomic E-state index is 5.80. The lowest BCUT2D eigenvalue weighted by Crippen LogP contribution is -1.98. The molecule has 1 heterocycles. The van der Waals surface area contributed by atoms with Gasteiger partial charge in [-0.1, -0.05) is 32.9 Å². The molecule has 0 saturated heterocycles. The van der Waals surface area contributed by atoms with E-state index in [1.807, 2.05) is 12.1 Å². The summed E-state index contributed by atoms with van der Waals surface area (Å²) < 4.78 is 6.55. The summed E-state index contributed by atoms with van der Waals surface area (Å²) in [4.78, 5) is 8.74. The third kappa shape index (κ3) is 4.04. The van der Waals surface area contributed by atoms with Gasteiger partial charge < -0.3 is 4.74 Å². The van der Waals surface area contributed by atoms with Gasteiger partial charge in [-0.3, -0.25) is 0 Å². The van der Waals surface area contributed by atoms with Crippen LogP contribution in [0.4, 0.5) is 0 Å². The predicted molar refractivity (Wildman–Crippen MR) is 84.3 cm³/mol. The van der Waals surface area contributed by atoms with Gasteiger partial charge in [0, 0.05) is 12.5 Å². The number of aryl methyl sites for hydroxylation is 1. The molecule has 1 aromatic carbocycles. The second-order valence-corrected chi connectivity index (χ2v) is 5.83. The molecule has 1 aromatic heterocycles. The van der Waals surface area contributed by atoms with Crippen molar-refractivity contribution in [1.29, 1.82) is 0 Å². The fourth-order valence-electron chi connectivity index (χ4n) is 1.87. The van der Waals surface area contributed by atoms with Crippen LogP contribution in [0.2, 0.25) is 0 Å². The SMILES string of the molecule is CCCc1nc(Br)cc(Oc2ccc(C(C)C)cc2)n1. The number of hydrogen-bond acceptors (Lipinski definition) is 3. The van der Waals surface area contributed by atoms with Crippen LogP contribution in [0.1, 0.15) is 44.5 Å². The van der Waals surface area contributed by atoms with Crippen LogP contribution in [-0.2, 0) is 6.42 Å². The molecular formula is C16H19BrN2O. The molecule has 0 aliphatic rings. The molecule has 3 nitrogen and oxygen atoms in total. The Morgan fingerprint density at radius 1 is 1.15 bits per heavy atom. The van der Waals surface area contributed by atoms with Crippen molar-refractivity contribution in [2.45, 2.75) is 39.5 Å². The van der Waals surface area contributed by atoms with Crippen LogP contribution in [0.3, 0.4) is 0 Å². The number of aromatic nitrogens is 2. The summed E-state index contributed by atoms with van der Waals surface area (Å²) >= 11 is 3.40. The largest absolute Gasteiger partial charge is 0.439 e. The first-order valence-corrected chi connectivity index (χ1v) is 7.69. The fraction of sp³-hybridized carbons (Fsp3) is 0.375. The van der Waals surface area contributed by atoms with E-state index in [-0.39, 0.29) is 0 Å². The van der Waals surface area contributed by atoms with E-state index < -0.39 is 0 Å². The summed E-state index contributed by atoms with van der Waals surface area (Å²) in [6, 6.07) is 9.91. The van der Waals surface area contributed by atoms with Crippen LogP contribution >= 0.6 is 15.9 Å². The van der Waals surface area contributed by atoms with Crippen LogP contribution < -0.4 is 4.74 Å². The minimum Gasteiger partial charge on any atom is -0.439 e. The van der Waals surface area contributed by atoms with Crippen molar-refractivity contribution in [1.82, 2.24) is 9.97 Å². The van der Waals surface area contributed by atoms with Gasteiger partial charge in [-0.2, -0.15) is 4.98 Å². The standard InChI is InChI=1S/C16H19BrN2O/c1-4-5-15-18-14(17)10-16(19-15)20-13-8-6-12(7-9-13)11(2)3/h6-11H,4-5H2,1-3H3. The first-order valence-electron chi connectivity index (χ1n) is 6.89. The molecule has 0 fully saturated rings. The molecule has 106 valence electrons. The van der Waals surface area contributed by atoms with Gasteiger partial charge in [0.2, 0.25) is 5.88 Å². The van der Waals surface area contributed by atoms with E-state index in [1.54, 1.807) is 6.07 Å². The van der Waals surface area contributed by atoms with E-state index in [2.05, 4.69) is 58.8 Å². The van der Waals surface area contributed by atoms with Crippen LogP contribution in [0, 0.1) is 0 Å². The second-order valence-electron chi connectivity index (χ2n) is 5.02. The van der Waals surface area contributed by atoms with Crippen molar-refractivity contribution in [2.75, 3.05) is 0 Å². The highest BCUT2D eigenvalue weighted by molar-refractivity contribution is 9.10. The van der Waals surface area contributed by atoms with E-state index in [0.29, 0.717) is 11.8 Å². The fourth-order valence-corrected chi connectivity index (χ4v) is 2.27. The minimum atomic E-state index is 0.522. The average Bonchev–Trinajstić information content (AvgIpc) is 2.39. The van der Waals surface area contributed by atoms with Crippen LogP contribution in [0.15, 0.2) is 34.9 Å². The Labute approximate surface area is 128 Å². The van der Waals surface area contributed by atoms with Gasteiger partial charge in [-0.15, -0.1) is 0 Å². The topological polar surface area (TPSA) is 35.0 Å². The van der Waals surface area contributed by atoms with Crippen LogP contribution in [0.25, 0.3) is 0 Å². The zero-order chi connectivity index (χ0) is 14.5. The van der Waals surface area contributed by atoms with Crippen molar-refractivity contribution >= 4 is 15.9 Å². The molecule has 0 saturated carbocycles. The van der Waals surface area contributed by atoms with Gasteiger partial charge in [0.15, 0.2) is 0 Å². The smallest absolute Gasteiger partial charge is 0.223 e. The van der Waals surface area contributed by atoms with Crippen LogP contribution in [0.5, 0.6) is 11.6 Å². The van der Waals surface area contributed by atoms with E-state index in [9.17, 15) is 0 Å². The number of hydrogen-bond donors (Lipinski definition) is 0. The van der Waals surface area contributed by atoms with Gasteiger partial charge >= 0.3 is 0 Å². The molecule has 0 aliphatic carbocycles. The molecule has 0 atom stereocenters. The van der Waals surface area contributed by atoms with Gasteiger partial charge in [-0.05, 0) is 46.0 Å². The lowest BCUT2D eigenvalue weighted by Gasteiger charge is -2.09. The number of halogens is 1. The number of ether oxygens (including phenoxy) is 1. The summed E-state index contributed by atoms with van der Waals surface area (Å²) in [6.07, 6.45) is 1.86. The Morgan fingerprint density at radius 3 is 2.45 bits per heavy atom. The van der Waals surface area contributed by atoms with Crippen molar-refractivity contribution in [2.24, 2.45) is 0 Å². The highest BCUT2D eigenvalue weighted by Crippen LogP contribution is 2.24. The highest BCUT2D eigenvalue weighted by Gasteiger charge is 2.05. The van der Waals surface area contributed by atoms with Crippen molar-refractivity contribution < 1.29 is 4.74 Å². The predicted octanol–water partition coefficient (Wildman–Crippen LogP) is 5.11. The van der Waals surface area contributed by atoms with Crippen molar-refractivity contribution in [3.05, 3.63) is 46.3 Å². The summed E-state index contributed by atoms with van der Waals surface area (Å²) in [6.45, 7) is 6.46. The normalized spacial score (nSPS) is 10.8. The number of nitrogens with zero attached hydrogens (tertiary/aromatic N) is 2. The highest BCUT2D eigenvalue weighted by atomic mass is 79.9. The Morgan fingerprint density at radius 2 is 1.85 bits per heavy atom. The molecule has 0 aliphatic heterocycles. The maximum Gasteiger partial charge on any atom is 0.223 e. The third-order valence-electron chi connectivity index (χ3n) is 2.96. The average molecular weight is 335 g/mol. The summed E-state index contributed by atoms with van der Waals surface area (Å²) in [7, 11) is 0. The second kappa shape index (κ2) is 6.84. The molecule has 0 radical (unpaired) electrons. The van der Waals surface area contributed by atoms with Gasteiger partial charge in [0.25, 0.3) is 0 Å². The quantitative estimate of drug-likeness (QED) is 0.713. The molecule has 0 bridgehead atoms. The molecular weight excluding hydrogens is 316 g/mol. The zero-order valence-electron chi connectivity index (χ0n) is 12.1. The van der Waals surface area contributed by atoms with Crippen molar-refractivity contribution in [3.63, 3.8) is 0 Å². The van der Waals surface area contributed by atoms with Crippen LogP contribution in [-0.4, -0.2) is 9.97 Å². The lowest BCUT2D eigenvalue weighted by molar-refractivity contribution is 0.457. The molecule has 0 spiro atoms.